The number of carbonyl (C=O) groups is 2. The number of hydrogen-bond acceptors (Lipinski definition) is 5. The summed E-state index contributed by atoms with van der Waals surface area (Å²) >= 11 is 1.40. The SMILES string of the molecule is CCOC(=O)c1c(NC(=O)c2ccc(OCC(C)C)cc2)sc(C)c1CC. The Morgan fingerprint density at radius 1 is 1.15 bits per heavy atom. The summed E-state index contributed by atoms with van der Waals surface area (Å²) in [6.07, 6.45) is 0.703. The summed E-state index contributed by atoms with van der Waals surface area (Å²) in [4.78, 5) is 26.0. The summed E-state index contributed by atoms with van der Waals surface area (Å²) in [5.41, 5.74) is 1.89. The van der Waals surface area contributed by atoms with Crippen LogP contribution in [-0.4, -0.2) is 25.1 Å². The summed E-state index contributed by atoms with van der Waals surface area (Å²) in [6, 6.07) is 6.99. The lowest BCUT2D eigenvalue weighted by Gasteiger charge is -2.10. The van der Waals surface area contributed by atoms with Gasteiger partial charge in [0.15, 0.2) is 0 Å². The fourth-order valence-corrected chi connectivity index (χ4v) is 3.78. The lowest BCUT2D eigenvalue weighted by atomic mass is 10.1. The maximum atomic E-state index is 12.6. The molecule has 0 atom stereocenters. The standard InChI is InChI=1S/C21H27NO4S/c1-6-17-14(5)27-20(18(17)21(24)25-7-2)22-19(23)15-8-10-16(11-9-15)26-12-13(3)4/h8-11,13H,6-7,12H2,1-5H3,(H,22,23). The average Bonchev–Trinajstić information content (AvgIpc) is 2.95. The van der Waals surface area contributed by atoms with Crippen molar-refractivity contribution >= 4 is 28.2 Å². The molecule has 0 radical (unpaired) electrons. The van der Waals surface area contributed by atoms with Gasteiger partial charge in [0.1, 0.15) is 10.8 Å². The molecule has 6 heteroatoms. The molecule has 1 heterocycles. The summed E-state index contributed by atoms with van der Waals surface area (Å²) in [5.74, 6) is 0.503. The molecule has 0 aliphatic carbocycles. The van der Waals surface area contributed by atoms with E-state index < -0.39 is 5.97 Å². The van der Waals surface area contributed by atoms with Crippen LogP contribution in [0.25, 0.3) is 0 Å². The van der Waals surface area contributed by atoms with E-state index in [0.717, 1.165) is 16.2 Å². The number of amides is 1. The van der Waals surface area contributed by atoms with Crippen molar-refractivity contribution in [3.8, 4) is 5.75 Å². The smallest absolute Gasteiger partial charge is 0.341 e. The Morgan fingerprint density at radius 2 is 1.81 bits per heavy atom. The van der Waals surface area contributed by atoms with Gasteiger partial charge in [-0.15, -0.1) is 11.3 Å². The first kappa shape index (κ1) is 21.0. The number of aryl methyl sites for hydroxylation is 1. The van der Waals surface area contributed by atoms with Crippen LogP contribution >= 0.6 is 11.3 Å². The molecule has 1 aromatic heterocycles. The van der Waals surface area contributed by atoms with E-state index in [-0.39, 0.29) is 5.91 Å². The number of hydrogen-bond donors (Lipinski definition) is 1. The van der Waals surface area contributed by atoms with Gasteiger partial charge in [0.25, 0.3) is 5.91 Å². The second kappa shape index (κ2) is 9.55. The minimum Gasteiger partial charge on any atom is -0.493 e. The molecule has 2 aromatic rings. The largest absolute Gasteiger partial charge is 0.493 e. The first-order valence-corrected chi connectivity index (χ1v) is 10.0. The van der Waals surface area contributed by atoms with E-state index in [2.05, 4.69) is 19.2 Å². The minimum atomic E-state index is -0.397. The number of benzene rings is 1. The third kappa shape index (κ3) is 5.32. The van der Waals surface area contributed by atoms with Crippen molar-refractivity contribution in [3.63, 3.8) is 0 Å². The van der Waals surface area contributed by atoms with Gasteiger partial charge in [-0.3, -0.25) is 4.79 Å². The normalized spacial score (nSPS) is 10.7. The first-order chi connectivity index (χ1) is 12.9. The molecule has 5 nitrogen and oxygen atoms in total. The van der Waals surface area contributed by atoms with Crippen LogP contribution in [0, 0.1) is 12.8 Å². The lowest BCUT2D eigenvalue weighted by molar-refractivity contribution is 0.0527. The molecule has 146 valence electrons. The highest BCUT2D eigenvalue weighted by molar-refractivity contribution is 7.16. The maximum absolute atomic E-state index is 12.6. The van der Waals surface area contributed by atoms with E-state index in [9.17, 15) is 9.59 Å². The fourth-order valence-electron chi connectivity index (χ4n) is 2.65. The number of ether oxygens (including phenoxy) is 2. The minimum absolute atomic E-state index is 0.264. The van der Waals surface area contributed by atoms with Gasteiger partial charge in [-0.1, -0.05) is 20.8 Å². The molecule has 0 aliphatic rings. The fraction of sp³-hybridized carbons (Fsp3) is 0.429. The zero-order valence-corrected chi connectivity index (χ0v) is 17.4. The zero-order chi connectivity index (χ0) is 20.0. The third-order valence-corrected chi connectivity index (χ3v) is 5.03. The van der Waals surface area contributed by atoms with Crippen molar-refractivity contribution in [2.45, 2.75) is 41.0 Å². The highest BCUT2D eigenvalue weighted by atomic mass is 32.1. The molecule has 1 aromatic carbocycles. The molecule has 27 heavy (non-hydrogen) atoms. The predicted molar refractivity (Wildman–Crippen MR) is 109 cm³/mol. The third-order valence-electron chi connectivity index (χ3n) is 3.97. The Hall–Kier alpha value is -2.34. The van der Waals surface area contributed by atoms with Gasteiger partial charge in [0.05, 0.1) is 18.8 Å². The summed E-state index contributed by atoms with van der Waals surface area (Å²) < 4.78 is 10.8. The summed E-state index contributed by atoms with van der Waals surface area (Å²) in [7, 11) is 0. The van der Waals surface area contributed by atoms with Crippen molar-refractivity contribution in [2.24, 2.45) is 5.92 Å². The zero-order valence-electron chi connectivity index (χ0n) is 16.5. The van der Waals surface area contributed by atoms with Crippen LogP contribution in [0.2, 0.25) is 0 Å². The van der Waals surface area contributed by atoms with Crippen LogP contribution in [0.3, 0.4) is 0 Å². The molecule has 0 fully saturated rings. The van der Waals surface area contributed by atoms with Gasteiger partial charge in [-0.05, 0) is 56.0 Å². The van der Waals surface area contributed by atoms with Gasteiger partial charge < -0.3 is 14.8 Å². The second-order valence-electron chi connectivity index (χ2n) is 6.60. The molecule has 2 rings (SSSR count). The predicted octanol–water partition coefficient (Wildman–Crippen LogP) is 5.08. The van der Waals surface area contributed by atoms with Crippen molar-refractivity contribution in [1.82, 2.24) is 0 Å². The van der Waals surface area contributed by atoms with E-state index in [4.69, 9.17) is 9.47 Å². The first-order valence-electron chi connectivity index (χ1n) is 9.20. The molecule has 0 saturated heterocycles. The van der Waals surface area contributed by atoms with E-state index in [1.807, 2.05) is 13.8 Å². The van der Waals surface area contributed by atoms with Crippen LogP contribution in [0.4, 0.5) is 5.00 Å². The van der Waals surface area contributed by atoms with Crippen molar-refractivity contribution < 1.29 is 19.1 Å². The summed E-state index contributed by atoms with van der Waals surface area (Å²) in [5, 5.41) is 3.40. The molecule has 1 N–H and O–H groups in total. The molecule has 0 aliphatic heterocycles. The van der Waals surface area contributed by atoms with Gasteiger partial charge in [-0.25, -0.2) is 4.79 Å². The highest BCUT2D eigenvalue weighted by Crippen LogP contribution is 2.34. The molecule has 0 unspecified atom stereocenters. The molecular formula is C21H27NO4S. The van der Waals surface area contributed by atoms with Gasteiger partial charge in [-0.2, -0.15) is 0 Å². The van der Waals surface area contributed by atoms with Crippen LogP contribution in [0.15, 0.2) is 24.3 Å². The van der Waals surface area contributed by atoms with Crippen molar-refractivity contribution in [3.05, 3.63) is 45.8 Å². The van der Waals surface area contributed by atoms with Crippen LogP contribution in [0.1, 0.15) is 58.9 Å². The number of anilines is 1. The van der Waals surface area contributed by atoms with E-state index in [1.165, 1.54) is 11.3 Å². The quantitative estimate of drug-likeness (QED) is 0.639. The monoisotopic (exact) mass is 389 g/mol. The van der Waals surface area contributed by atoms with Gasteiger partial charge in [0.2, 0.25) is 0 Å². The number of nitrogens with one attached hydrogen (secondary N) is 1. The molecule has 0 saturated carbocycles. The van der Waals surface area contributed by atoms with Gasteiger partial charge >= 0.3 is 5.97 Å². The lowest BCUT2D eigenvalue weighted by Crippen LogP contribution is -2.15. The van der Waals surface area contributed by atoms with Crippen molar-refractivity contribution in [1.29, 1.82) is 0 Å². The Kier molecular flexibility index (Phi) is 7.42. The average molecular weight is 390 g/mol. The molecule has 0 spiro atoms. The number of esters is 1. The van der Waals surface area contributed by atoms with Crippen LogP contribution < -0.4 is 10.1 Å². The highest BCUT2D eigenvalue weighted by Gasteiger charge is 2.23. The Balaban J connectivity index is 2.19. The maximum Gasteiger partial charge on any atom is 0.341 e. The van der Waals surface area contributed by atoms with Crippen molar-refractivity contribution in [2.75, 3.05) is 18.5 Å². The van der Waals surface area contributed by atoms with Crippen LogP contribution in [-0.2, 0) is 11.2 Å². The van der Waals surface area contributed by atoms with Gasteiger partial charge in [0, 0.05) is 10.4 Å². The summed E-state index contributed by atoms with van der Waals surface area (Å²) in [6.45, 7) is 10.8. The molecular weight excluding hydrogens is 362 g/mol. The Bertz CT molecular complexity index is 793. The number of rotatable bonds is 8. The van der Waals surface area contributed by atoms with E-state index >= 15 is 0 Å². The number of carbonyl (C=O) groups excluding carboxylic acids is 2. The Morgan fingerprint density at radius 3 is 2.37 bits per heavy atom. The molecule has 1 amide bonds. The Labute approximate surface area is 164 Å². The topological polar surface area (TPSA) is 64.6 Å². The second-order valence-corrected chi connectivity index (χ2v) is 7.82. The van der Waals surface area contributed by atoms with Crippen LogP contribution in [0.5, 0.6) is 5.75 Å². The van der Waals surface area contributed by atoms with E-state index in [1.54, 1.807) is 31.2 Å². The molecule has 0 bridgehead atoms. The van der Waals surface area contributed by atoms with E-state index in [0.29, 0.717) is 41.7 Å². The number of thiophene rings is 1.